The molecule has 4 rings (SSSR count). The van der Waals surface area contributed by atoms with Crippen molar-refractivity contribution in [2.75, 3.05) is 32.8 Å². The molecule has 2 aromatic carbocycles. The van der Waals surface area contributed by atoms with Crippen LogP contribution in [-0.2, 0) is 24.2 Å². The number of hydrogen-bond donors (Lipinski definition) is 0. The van der Waals surface area contributed by atoms with Crippen molar-refractivity contribution in [2.24, 2.45) is 0 Å². The molecule has 25 heavy (non-hydrogen) atoms. The molecule has 2 heterocycles. The summed E-state index contributed by atoms with van der Waals surface area (Å²) in [6.07, 6.45) is 1.52. The molecule has 0 N–H and O–H groups in total. The van der Waals surface area contributed by atoms with Crippen molar-refractivity contribution in [3.63, 3.8) is 0 Å². The van der Waals surface area contributed by atoms with Gasteiger partial charge in [-0.05, 0) is 22.8 Å². The third-order valence-electron chi connectivity index (χ3n) is 5.08. The Hall–Kier alpha value is -2.33. The second-order valence-corrected chi connectivity index (χ2v) is 6.86. The summed E-state index contributed by atoms with van der Waals surface area (Å²) in [5.41, 5.74) is 3.76. The van der Waals surface area contributed by atoms with E-state index in [2.05, 4.69) is 23.1 Å². The third kappa shape index (κ3) is 3.85. The minimum atomic E-state index is 0.237. The summed E-state index contributed by atoms with van der Waals surface area (Å²) in [5, 5.41) is 0. The van der Waals surface area contributed by atoms with Crippen molar-refractivity contribution in [2.45, 2.75) is 19.4 Å². The second-order valence-electron chi connectivity index (χ2n) is 6.86. The topological polar surface area (TPSA) is 32.8 Å². The van der Waals surface area contributed by atoms with Gasteiger partial charge in [-0.25, -0.2) is 0 Å². The van der Waals surface area contributed by atoms with Crippen LogP contribution in [0.2, 0.25) is 0 Å². The molecule has 0 aromatic heterocycles. The van der Waals surface area contributed by atoms with Crippen molar-refractivity contribution < 1.29 is 9.53 Å². The lowest BCUT2D eigenvalue weighted by atomic mass is 10.1. The third-order valence-corrected chi connectivity index (χ3v) is 5.08. The lowest BCUT2D eigenvalue weighted by Crippen LogP contribution is -2.48. The summed E-state index contributed by atoms with van der Waals surface area (Å²) in [6, 6.07) is 16.5. The first kappa shape index (κ1) is 16.2. The quantitative estimate of drug-likeness (QED) is 0.860. The van der Waals surface area contributed by atoms with Crippen LogP contribution in [0, 0.1) is 0 Å². The first-order chi connectivity index (χ1) is 12.3. The molecule has 4 nitrogen and oxygen atoms in total. The fourth-order valence-electron chi connectivity index (χ4n) is 3.63. The Balaban J connectivity index is 1.29. The van der Waals surface area contributed by atoms with Gasteiger partial charge in [0.2, 0.25) is 5.91 Å². The normalized spacial score (nSPS) is 17.2. The molecular weight excluding hydrogens is 312 g/mol. The standard InChI is InChI=1S/C21H24N2O2/c24-21(15-17-4-2-1-3-5-17)23-11-9-22(10-12-23)16-18-6-7-20-19(14-18)8-13-25-20/h1-7,14H,8-13,15-16H2. The minimum Gasteiger partial charge on any atom is -0.493 e. The zero-order valence-electron chi connectivity index (χ0n) is 14.5. The molecule has 4 heteroatoms. The number of hydrogen-bond acceptors (Lipinski definition) is 3. The number of fused-ring (bicyclic) bond motifs is 1. The summed E-state index contributed by atoms with van der Waals surface area (Å²) in [4.78, 5) is 16.9. The van der Waals surface area contributed by atoms with Gasteiger partial charge < -0.3 is 9.64 Å². The largest absolute Gasteiger partial charge is 0.493 e. The van der Waals surface area contributed by atoms with Gasteiger partial charge in [0.25, 0.3) is 0 Å². The predicted octanol–water partition coefficient (Wildman–Crippen LogP) is 2.51. The Kier molecular flexibility index (Phi) is 4.70. The molecule has 1 amide bonds. The summed E-state index contributed by atoms with van der Waals surface area (Å²) >= 11 is 0. The Morgan fingerprint density at radius 2 is 1.76 bits per heavy atom. The maximum absolute atomic E-state index is 12.5. The SMILES string of the molecule is O=C(Cc1ccccc1)N1CCN(Cc2ccc3c(c2)CCO3)CC1. The molecule has 0 radical (unpaired) electrons. The zero-order valence-corrected chi connectivity index (χ0v) is 14.5. The van der Waals surface area contributed by atoms with E-state index < -0.39 is 0 Å². The Morgan fingerprint density at radius 3 is 2.56 bits per heavy atom. The first-order valence-corrected chi connectivity index (χ1v) is 9.06. The lowest BCUT2D eigenvalue weighted by Gasteiger charge is -2.35. The number of nitrogens with zero attached hydrogens (tertiary/aromatic N) is 2. The Morgan fingerprint density at radius 1 is 0.960 bits per heavy atom. The van der Waals surface area contributed by atoms with Crippen molar-refractivity contribution in [3.8, 4) is 5.75 Å². The van der Waals surface area contributed by atoms with Gasteiger partial charge in [-0.1, -0.05) is 42.5 Å². The van der Waals surface area contributed by atoms with Gasteiger partial charge in [0.15, 0.2) is 0 Å². The van der Waals surface area contributed by atoms with Crippen LogP contribution in [0.3, 0.4) is 0 Å². The smallest absolute Gasteiger partial charge is 0.227 e. The van der Waals surface area contributed by atoms with Gasteiger partial charge in [0, 0.05) is 39.1 Å². The van der Waals surface area contributed by atoms with Crippen LogP contribution >= 0.6 is 0 Å². The molecule has 2 aromatic rings. The summed E-state index contributed by atoms with van der Waals surface area (Å²) < 4.78 is 5.57. The summed E-state index contributed by atoms with van der Waals surface area (Å²) in [7, 11) is 0. The maximum atomic E-state index is 12.5. The van der Waals surface area contributed by atoms with Crippen LogP contribution in [0.4, 0.5) is 0 Å². The van der Waals surface area contributed by atoms with Gasteiger partial charge in [0.05, 0.1) is 13.0 Å². The fraction of sp³-hybridized carbons (Fsp3) is 0.381. The highest BCUT2D eigenvalue weighted by atomic mass is 16.5. The maximum Gasteiger partial charge on any atom is 0.227 e. The van der Waals surface area contributed by atoms with E-state index in [4.69, 9.17) is 4.74 Å². The molecule has 0 atom stereocenters. The number of ether oxygens (including phenoxy) is 1. The number of carbonyl (C=O) groups is 1. The molecule has 1 fully saturated rings. The molecule has 0 saturated carbocycles. The number of benzene rings is 2. The van der Waals surface area contributed by atoms with Gasteiger partial charge in [0.1, 0.15) is 5.75 Å². The Bertz CT molecular complexity index is 737. The van der Waals surface area contributed by atoms with Crippen molar-refractivity contribution in [1.29, 1.82) is 0 Å². The van der Waals surface area contributed by atoms with Gasteiger partial charge in [-0.3, -0.25) is 9.69 Å². The molecule has 2 aliphatic rings. The van der Waals surface area contributed by atoms with E-state index in [-0.39, 0.29) is 5.91 Å². The Labute approximate surface area is 149 Å². The zero-order chi connectivity index (χ0) is 17.1. The van der Waals surface area contributed by atoms with Gasteiger partial charge in [-0.2, -0.15) is 0 Å². The van der Waals surface area contributed by atoms with Crippen LogP contribution in [0.5, 0.6) is 5.75 Å². The average molecular weight is 336 g/mol. The summed E-state index contributed by atoms with van der Waals surface area (Å²) in [6.45, 7) is 5.27. The van der Waals surface area contributed by atoms with E-state index in [1.165, 1.54) is 11.1 Å². The average Bonchev–Trinajstić information content (AvgIpc) is 3.11. The van der Waals surface area contributed by atoms with Crippen LogP contribution in [0.15, 0.2) is 48.5 Å². The molecule has 0 unspecified atom stereocenters. The monoisotopic (exact) mass is 336 g/mol. The number of piperazine rings is 1. The van der Waals surface area contributed by atoms with Crippen molar-refractivity contribution in [1.82, 2.24) is 9.80 Å². The van der Waals surface area contributed by atoms with E-state index in [1.807, 2.05) is 35.2 Å². The van der Waals surface area contributed by atoms with E-state index >= 15 is 0 Å². The van der Waals surface area contributed by atoms with E-state index in [0.29, 0.717) is 6.42 Å². The molecule has 2 aliphatic heterocycles. The van der Waals surface area contributed by atoms with Crippen LogP contribution in [0.1, 0.15) is 16.7 Å². The fourth-order valence-corrected chi connectivity index (χ4v) is 3.63. The van der Waals surface area contributed by atoms with Crippen LogP contribution < -0.4 is 4.74 Å². The molecule has 0 bridgehead atoms. The molecule has 0 spiro atoms. The molecular formula is C21H24N2O2. The molecule has 130 valence electrons. The molecule has 1 saturated heterocycles. The highest BCUT2D eigenvalue weighted by Gasteiger charge is 2.21. The predicted molar refractivity (Wildman–Crippen MR) is 97.6 cm³/mol. The number of amides is 1. The highest BCUT2D eigenvalue weighted by Crippen LogP contribution is 2.26. The van der Waals surface area contributed by atoms with Crippen LogP contribution in [0.25, 0.3) is 0 Å². The van der Waals surface area contributed by atoms with E-state index in [1.54, 1.807) is 0 Å². The molecule has 0 aliphatic carbocycles. The van der Waals surface area contributed by atoms with E-state index in [9.17, 15) is 4.79 Å². The second kappa shape index (κ2) is 7.28. The minimum absolute atomic E-state index is 0.237. The lowest BCUT2D eigenvalue weighted by molar-refractivity contribution is -0.132. The number of carbonyl (C=O) groups excluding carboxylic acids is 1. The van der Waals surface area contributed by atoms with Gasteiger partial charge >= 0.3 is 0 Å². The van der Waals surface area contributed by atoms with Gasteiger partial charge in [-0.15, -0.1) is 0 Å². The first-order valence-electron chi connectivity index (χ1n) is 9.06. The van der Waals surface area contributed by atoms with Crippen molar-refractivity contribution in [3.05, 3.63) is 65.2 Å². The summed E-state index contributed by atoms with van der Waals surface area (Å²) in [5.74, 6) is 1.28. The van der Waals surface area contributed by atoms with Crippen LogP contribution in [-0.4, -0.2) is 48.5 Å². The highest BCUT2D eigenvalue weighted by molar-refractivity contribution is 5.78. The van der Waals surface area contributed by atoms with Crippen molar-refractivity contribution >= 4 is 5.91 Å². The van der Waals surface area contributed by atoms with E-state index in [0.717, 1.165) is 57.1 Å². The number of rotatable bonds is 4.